The molecular formula is C16H21NO3S. The molecule has 0 bridgehead atoms. The third-order valence-electron chi connectivity index (χ3n) is 3.20. The van der Waals surface area contributed by atoms with Crippen LogP contribution in [0.25, 0.3) is 0 Å². The van der Waals surface area contributed by atoms with E-state index in [1.165, 1.54) is 28.9 Å². The molecule has 0 heterocycles. The first-order chi connectivity index (χ1) is 9.75. The Morgan fingerprint density at radius 2 is 1.62 bits per heavy atom. The van der Waals surface area contributed by atoms with Crippen molar-refractivity contribution in [2.45, 2.75) is 32.1 Å². The molecule has 2 aromatic rings. The molecule has 0 radical (unpaired) electrons. The van der Waals surface area contributed by atoms with Crippen molar-refractivity contribution in [3.63, 3.8) is 0 Å². The van der Waals surface area contributed by atoms with E-state index in [2.05, 4.69) is 37.8 Å². The molecule has 0 fully saturated rings. The lowest BCUT2D eigenvalue weighted by Crippen LogP contribution is -2.42. The summed E-state index contributed by atoms with van der Waals surface area (Å²) in [5.74, 6) is 0. The van der Waals surface area contributed by atoms with Crippen LogP contribution in [0, 0.1) is 13.8 Å². The fourth-order valence-corrected chi connectivity index (χ4v) is 2.27. The predicted molar refractivity (Wildman–Crippen MR) is 82.2 cm³/mol. The summed E-state index contributed by atoms with van der Waals surface area (Å²) in [6.45, 7) is 6.08. The van der Waals surface area contributed by atoms with E-state index in [1.54, 1.807) is 12.1 Å². The number of quaternary nitrogens is 1. The summed E-state index contributed by atoms with van der Waals surface area (Å²) in [7, 11) is -4.27. The van der Waals surface area contributed by atoms with Gasteiger partial charge < -0.3 is 10.3 Å². The number of aryl methyl sites for hydroxylation is 3. The highest BCUT2D eigenvalue weighted by molar-refractivity contribution is 7.85. The topological polar surface area (TPSA) is 84.8 Å². The summed E-state index contributed by atoms with van der Waals surface area (Å²) < 4.78 is 31.2. The molecule has 0 unspecified atom stereocenters. The minimum atomic E-state index is -4.27. The van der Waals surface area contributed by atoms with E-state index in [0.29, 0.717) is 0 Å². The molecular weight excluding hydrogens is 286 g/mol. The lowest BCUT2D eigenvalue weighted by Gasteiger charge is -2.05. The number of benzene rings is 2. The Morgan fingerprint density at radius 3 is 2.05 bits per heavy atom. The lowest BCUT2D eigenvalue weighted by molar-refractivity contribution is -0.256. The standard InChI is InChI=1S/C9H13N.C7H8O3S/c1-3-8-6-4-5-7(2)9(8)10;1-6-2-4-7(5-3-6)11(8,9)10/h4-6H,3,10H2,1-2H3;2-5H,1H3,(H,8,9,10). The normalized spacial score (nSPS) is 10.7. The van der Waals surface area contributed by atoms with Gasteiger partial charge in [-0.05, 0) is 32.4 Å². The zero-order valence-electron chi connectivity index (χ0n) is 12.6. The van der Waals surface area contributed by atoms with Crippen molar-refractivity contribution < 1.29 is 18.7 Å². The van der Waals surface area contributed by atoms with E-state index >= 15 is 0 Å². The molecule has 0 aliphatic rings. The smallest absolute Gasteiger partial charge is 0.134 e. The summed E-state index contributed by atoms with van der Waals surface area (Å²) in [6.07, 6.45) is 1.08. The zero-order valence-corrected chi connectivity index (χ0v) is 13.4. The first-order valence-electron chi connectivity index (χ1n) is 6.68. The molecule has 0 saturated carbocycles. The van der Waals surface area contributed by atoms with Gasteiger partial charge in [-0.2, -0.15) is 0 Å². The summed E-state index contributed by atoms with van der Waals surface area (Å²) in [5, 5.41) is 0. The molecule has 21 heavy (non-hydrogen) atoms. The number of rotatable bonds is 2. The van der Waals surface area contributed by atoms with E-state index in [9.17, 15) is 13.0 Å². The van der Waals surface area contributed by atoms with Crippen LogP contribution >= 0.6 is 0 Å². The van der Waals surface area contributed by atoms with Crippen molar-refractivity contribution in [3.05, 3.63) is 59.2 Å². The molecule has 3 N–H and O–H groups in total. The Labute approximate surface area is 126 Å². The maximum Gasteiger partial charge on any atom is 0.134 e. The zero-order chi connectivity index (χ0) is 16.0. The Kier molecular flexibility index (Phi) is 6.08. The van der Waals surface area contributed by atoms with E-state index < -0.39 is 10.1 Å². The second-order valence-corrected chi connectivity index (χ2v) is 6.21. The number of hydrogen-bond acceptors (Lipinski definition) is 3. The molecule has 2 aromatic carbocycles. The van der Waals surface area contributed by atoms with Gasteiger partial charge in [-0.3, -0.25) is 0 Å². The second kappa shape index (κ2) is 7.36. The van der Waals surface area contributed by atoms with E-state index in [0.717, 1.165) is 12.0 Å². The van der Waals surface area contributed by atoms with Crippen LogP contribution in [0.2, 0.25) is 0 Å². The minimum Gasteiger partial charge on any atom is -0.744 e. The average Bonchev–Trinajstić information content (AvgIpc) is 2.42. The highest BCUT2D eigenvalue weighted by atomic mass is 32.2. The van der Waals surface area contributed by atoms with Gasteiger partial charge in [-0.25, -0.2) is 8.42 Å². The molecule has 0 spiro atoms. The highest BCUT2D eigenvalue weighted by Crippen LogP contribution is 2.14. The third-order valence-corrected chi connectivity index (χ3v) is 4.05. The Balaban J connectivity index is 0.000000211. The lowest BCUT2D eigenvalue weighted by atomic mass is 10.1. The van der Waals surface area contributed by atoms with Crippen LogP contribution in [0.3, 0.4) is 0 Å². The van der Waals surface area contributed by atoms with Crippen molar-refractivity contribution in [2.24, 2.45) is 0 Å². The van der Waals surface area contributed by atoms with Crippen LogP contribution in [0.1, 0.15) is 23.6 Å². The van der Waals surface area contributed by atoms with Gasteiger partial charge in [0.15, 0.2) is 0 Å². The van der Waals surface area contributed by atoms with Crippen LogP contribution in [0.5, 0.6) is 0 Å². The average molecular weight is 307 g/mol. The van der Waals surface area contributed by atoms with E-state index in [4.69, 9.17) is 0 Å². The van der Waals surface area contributed by atoms with Gasteiger partial charge in [-0.1, -0.05) is 42.8 Å². The second-order valence-electron chi connectivity index (χ2n) is 4.83. The summed E-state index contributed by atoms with van der Waals surface area (Å²) in [6, 6.07) is 12.1. The summed E-state index contributed by atoms with van der Waals surface area (Å²) in [5.41, 5.74) is 8.77. The van der Waals surface area contributed by atoms with Crippen molar-refractivity contribution in [1.29, 1.82) is 0 Å². The molecule has 0 saturated heterocycles. The Morgan fingerprint density at radius 1 is 1.05 bits per heavy atom. The molecule has 2 rings (SSSR count). The van der Waals surface area contributed by atoms with Gasteiger partial charge in [0.1, 0.15) is 15.8 Å². The first-order valence-corrected chi connectivity index (χ1v) is 8.09. The molecule has 114 valence electrons. The van der Waals surface area contributed by atoms with Gasteiger partial charge >= 0.3 is 0 Å². The van der Waals surface area contributed by atoms with Crippen LogP contribution in [-0.2, 0) is 16.5 Å². The largest absolute Gasteiger partial charge is 0.744 e. The molecule has 0 aliphatic carbocycles. The quantitative estimate of drug-likeness (QED) is 0.864. The monoisotopic (exact) mass is 307 g/mol. The number of hydrogen-bond donors (Lipinski definition) is 1. The third kappa shape index (κ3) is 5.30. The molecule has 0 atom stereocenters. The molecule has 0 aliphatic heterocycles. The van der Waals surface area contributed by atoms with Gasteiger partial charge in [0, 0.05) is 11.1 Å². The molecule has 4 nitrogen and oxygen atoms in total. The van der Waals surface area contributed by atoms with Crippen LogP contribution < -0.4 is 5.73 Å². The van der Waals surface area contributed by atoms with Gasteiger partial charge in [0.2, 0.25) is 0 Å². The molecule has 0 amide bonds. The maximum atomic E-state index is 10.4. The minimum absolute atomic E-state index is 0.178. The van der Waals surface area contributed by atoms with Gasteiger partial charge in [0.05, 0.1) is 4.90 Å². The fraction of sp³-hybridized carbons (Fsp3) is 0.250. The van der Waals surface area contributed by atoms with Crippen molar-refractivity contribution in [2.75, 3.05) is 0 Å². The Hall–Kier alpha value is -1.69. The van der Waals surface area contributed by atoms with E-state index in [-0.39, 0.29) is 4.90 Å². The van der Waals surface area contributed by atoms with E-state index in [1.807, 2.05) is 6.92 Å². The first kappa shape index (κ1) is 17.4. The predicted octanol–water partition coefficient (Wildman–Crippen LogP) is 2.33. The van der Waals surface area contributed by atoms with Crippen molar-refractivity contribution in [1.82, 2.24) is 0 Å². The van der Waals surface area contributed by atoms with Gasteiger partial charge in [-0.15, -0.1) is 0 Å². The fourth-order valence-electron chi connectivity index (χ4n) is 1.80. The van der Waals surface area contributed by atoms with Crippen LogP contribution in [0.15, 0.2) is 47.4 Å². The van der Waals surface area contributed by atoms with Gasteiger partial charge in [0.25, 0.3) is 0 Å². The van der Waals surface area contributed by atoms with Crippen molar-refractivity contribution in [3.8, 4) is 0 Å². The van der Waals surface area contributed by atoms with Crippen molar-refractivity contribution >= 4 is 15.8 Å². The summed E-state index contributed by atoms with van der Waals surface area (Å²) in [4.78, 5) is -0.178. The molecule has 0 aromatic heterocycles. The summed E-state index contributed by atoms with van der Waals surface area (Å²) >= 11 is 0. The highest BCUT2D eigenvalue weighted by Gasteiger charge is 2.00. The van der Waals surface area contributed by atoms with Crippen LogP contribution in [0.4, 0.5) is 5.69 Å². The van der Waals surface area contributed by atoms with Crippen LogP contribution in [-0.4, -0.2) is 13.0 Å². The maximum absolute atomic E-state index is 10.4. The molecule has 5 heteroatoms. The SMILES string of the molecule is CCc1cccc(C)c1[NH3+].Cc1ccc(S(=O)(=O)[O-])cc1. The Bertz CT molecular complexity index is 692.